The van der Waals surface area contributed by atoms with Crippen molar-refractivity contribution in [1.82, 2.24) is 0 Å². The minimum atomic E-state index is -0.455. The largest absolute Gasteiger partial charge is 0.463 e. The zero-order valence-corrected chi connectivity index (χ0v) is 20.2. The first-order valence-corrected chi connectivity index (χ1v) is 10.6. The standard InChI is InChI=1S/C13H20O5.C6H9BrO2.C2H6O2/c1-5-18-13(15)11(3)9-17-7-6-16-8-10(2)12(4)14;1-3-9-6(8)5(2)4-7;3-1-2-4/h2-3,5-9H2,1,4H3;2-4H2,1H3;3-4H,1-2H2. The molecule has 2 N–H and O–H groups in total. The predicted molar refractivity (Wildman–Crippen MR) is 121 cm³/mol. The summed E-state index contributed by atoms with van der Waals surface area (Å²) in [6, 6.07) is 0. The van der Waals surface area contributed by atoms with Crippen molar-refractivity contribution in [2.75, 3.05) is 58.2 Å². The van der Waals surface area contributed by atoms with Crippen molar-refractivity contribution >= 4 is 33.7 Å². The number of halogens is 1. The highest BCUT2D eigenvalue weighted by molar-refractivity contribution is 9.09. The fourth-order valence-corrected chi connectivity index (χ4v) is 1.42. The van der Waals surface area contributed by atoms with Crippen LogP contribution in [0, 0.1) is 0 Å². The lowest BCUT2D eigenvalue weighted by atomic mass is 10.2. The summed E-state index contributed by atoms with van der Waals surface area (Å²) in [6.45, 7) is 16.9. The zero-order valence-electron chi connectivity index (χ0n) is 18.6. The van der Waals surface area contributed by atoms with E-state index in [0.717, 1.165) is 0 Å². The van der Waals surface area contributed by atoms with Crippen LogP contribution < -0.4 is 0 Å². The van der Waals surface area contributed by atoms with Crippen LogP contribution in [0.5, 0.6) is 0 Å². The van der Waals surface area contributed by atoms with Gasteiger partial charge in [-0.2, -0.15) is 0 Å². The second-order valence-corrected chi connectivity index (χ2v) is 6.05. The molecule has 0 aromatic heterocycles. The number of esters is 2. The van der Waals surface area contributed by atoms with E-state index >= 15 is 0 Å². The summed E-state index contributed by atoms with van der Waals surface area (Å²) < 4.78 is 19.7. The third kappa shape index (κ3) is 24.3. The van der Waals surface area contributed by atoms with Gasteiger partial charge < -0.3 is 29.2 Å². The van der Waals surface area contributed by atoms with Crippen molar-refractivity contribution in [3.63, 3.8) is 0 Å². The number of ketones is 1. The van der Waals surface area contributed by atoms with Gasteiger partial charge in [-0.25, -0.2) is 9.59 Å². The smallest absolute Gasteiger partial charge is 0.335 e. The first kappa shape index (κ1) is 33.8. The molecule has 0 saturated heterocycles. The van der Waals surface area contributed by atoms with E-state index in [2.05, 4.69) is 40.4 Å². The van der Waals surface area contributed by atoms with Gasteiger partial charge in [-0.1, -0.05) is 35.7 Å². The van der Waals surface area contributed by atoms with E-state index in [-0.39, 0.29) is 43.8 Å². The van der Waals surface area contributed by atoms with Gasteiger partial charge in [-0.05, 0) is 20.8 Å². The molecule has 0 atom stereocenters. The molecule has 0 aliphatic heterocycles. The van der Waals surface area contributed by atoms with E-state index in [0.29, 0.717) is 42.9 Å². The Labute approximate surface area is 192 Å². The van der Waals surface area contributed by atoms with Gasteiger partial charge >= 0.3 is 11.9 Å². The molecular formula is C21H35BrO9. The fourth-order valence-electron chi connectivity index (χ4n) is 1.19. The molecule has 0 bridgehead atoms. The average molecular weight is 511 g/mol. The van der Waals surface area contributed by atoms with Crippen molar-refractivity contribution in [2.45, 2.75) is 20.8 Å². The molecule has 10 heteroatoms. The van der Waals surface area contributed by atoms with E-state index in [9.17, 15) is 14.4 Å². The van der Waals surface area contributed by atoms with E-state index < -0.39 is 5.97 Å². The van der Waals surface area contributed by atoms with Crippen LogP contribution in [0.1, 0.15) is 20.8 Å². The molecule has 9 nitrogen and oxygen atoms in total. The molecule has 180 valence electrons. The van der Waals surface area contributed by atoms with Crippen molar-refractivity contribution in [1.29, 1.82) is 0 Å². The second-order valence-electron chi connectivity index (χ2n) is 5.49. The minimum absolute atomic E-state index is 0.0911. The number of carbonyl (C=O) groups is 3. The highest BCUT2D eigenvalue weighted by Crippen LogP contribution is 1.98. The molecule has 0 aromatic carbocycles. The Morgan fingerprint density at radius 3 is 1.48 bits per heavy atom. The van der Waals surface area contributed by atoms with Crippen molar-refractivity contribution in [2.24, 2.45) is 0 Å². The maximum atomic E-state index is 11.1. The van der Waals surface area contributed by atoms with Crippen LogP contribution >= 0.6 is 15.9 Å². The van der Waals surface area contributed by atoms with Crippen LogP contribution in [0.3, 0.4) is 0 Å². The molecule has 0 heterocycles. The summed E-state index contributed by atoms with van der Waals surface area (Å²) in [5, 5.41) is 15.7. The summed E-state index contributed by atoms with van der Waals surface area (Å²) in [5.74, 6) is -0.871. The van der Waals surface area contributed by atoms with Gasteiger partial charge in [-0.3, -0.25) is 4.79 Å². The lowest BCUT2D eigenvalue weighted by Crippen LogP contribution is -2.14. The molecule has 31 heavy (non-hydrogen) atoms. The Morgan fingerprint density at radius 1 is 0.774 bits per heavy atom. The average Bonchev–Trinajstić information content (AvgIpc) is 2.75. The van der Waals surface area contributed by atoms with Crippen LogP contribution in [0.15, 0.2) is 36.5 Å². The van der Waals surface area contributed by atoms with Crippen molar-refractivity contribution < 1.29 is 43.5 Å². The van der Waals surface area contributed by atoms with Crippen LogP contribution in [0.2, 0.25) is 0 Å². The second kappa shape index (κ2) is 24.4. The highest BCUT2D eigenvalue weighted by Gasteiger charge is 2.07. The number of carbonyl (C=O) groups excluding carboxylic acids is 3. The van der Waals surface area contributed by atoms with Crippen LogP contribution in [-0.4, -0.2) is 86.1 Å². The van der Waals surface area contributed by atoms with Crippen LogP contribution in [0.4, 0.5) is 0 Å². The van der Waals surface area contributed by atoms with E-state index in [1.165, 1.54) is 6.92 Å². The number of alkyl halides is 1. The Bertz CT molecular complexity index is 557. The van der Waals surface area contributed by atoms with Gasteiger partial charge in [0.05, 0.1) is 58.4 Å². The first-order chi connectivity index (χ1) is 14.6. The van der Waals surface area contributed by atoms with Gasteiger partial charge in [0.1, 0.15) is 0 Å². The maximum absolute atomic E-state index is 11.1. The molecule has 0 saturated carbocycles. The lowest BCUT2D eigenvalue weighted by Gasteiger charge is -2.07. The third-order valence-corrected chi connectivity index (χ3v) is 3.49. The summed E-state index contributed by atoms with van der Waals surface area (Å²) >= 11 is 3.08. The number of hydrogen-bond acceptors (Lipinski definition) is 9. The SMILES string of the molecule is C=C(CBr)C(=O)OCC.C=C(COCCOCC(=C)C(=O)OCC)C(C)=O.OCCO. The van der Waals surface area contributed by atoms with Gasteiger partial charge in [0.2, 0.25) is 0 Å². The van der Waals surface area contributed by atoms with E-state index in [1.54, 1.807) is 13.8 Å². The number of hydrogen-bond donors (Lipinski definition) is 2. The molecule has 0 aliphatic carbocycles. The van der Waals surface area contributed by atoms with Crippen LogP contribution in [-0.2, 0) is 33.3 Å². The third-order valence-electron chi connectivity index (χ3n) is 2.81. The number of ether oxygens (including phenoxy) is 4. The summed E-state index contributed by atoms with van der Waals surface area (Å²) in [4.78, 5) is 32.6. The molecular weight excluding hydrogens is 476 g/mol. The van der Waals surface area contributed by atoms with Crippen molar-refractivity contribution in [3.8, 4) is 0 Å². The van der Waals surface area contributed by atoms with Gasteiger partial charge in [0, 0.05) is 16.5 Å². The fraction of sp³-hybridized carbons (Fsp3) is 0.571. The molecule has 0 rings (SSSR count). The quantitative estimate of drug-likeness (QED) is 0.155. The Morgan fingerprint density at radius 2 is 1.16 bits per heavy atom. The lowest BCUT2D eigenvalue weighted by molar-refractivity contribution is -0.139. The maximum Gasteiger partial charge on any atom is 0.335 e. The Kier molecular flexibility index (Phi) is 26.6. The van der Waals surface area contributed by atoms with Crippen LogP contribution in [0.25, 0.3) is 0 Å². The van der Waals surface area contributed by atoms with Gasteiger partial charge in [0.25, 0.3) is 0 Å². The number of rotatable bonds is 14. The molecule has 0 unspecified atom stereocenters. The van der Waals surface area contributed by atoms with Crippen molar-refractivity contribution in [3.05, 3.63) is 36.5 Å². The number of aliphatic hydroxyl groups is 2. The summed E-state index contributed by atoms with van der Waals surface area (Å²) in [6.07, 6.45) is 0. The summed E-state index contributed by atoms with van der Waals surface area (Å²) in [7, 11) is 0. The number of Topliss-reactive ketones (excluding diaryl/α,β-unsaturated/α-hetero) is 1. The molecule has 0 aliphatic rings. The van der Waals surface area contributed by atoms with E-state index in [4.69, 9.17) is 24.4 Å². The first-order valence-electron chi connectivity index (χ1n) is 9.44. The predicted octanol–water partition coefficient (Wildman–Crippen LogP) is 1.76. The molecule has 0 radical (unpaired) electrons. The Balaban J connectivity index is -0.000000499. The molecule has 0 spiro atoms. The molecule has 0 fully saturated rings. The highest BCUT2D eigenvalue weighted by atomic mass is 79.9. The normalized spacial score (nSPS) is 9.23. The van der Waals surface area contributed by atoms with E-state index in [1.807, 2.05) is 0 Å². The topological polar surface area (TPSA) is 129 Å². The van der Waals surface area contributed by atoms with Gasteiger partial charge in [-0.15, -0.1) is 0 Å². The Hall–Kier alpha value is -1.85. The zero-order chi connectivity index (χ0) is 24.7. The molecule has 0 aromatic rings. The number of aliphatic hydroxyl groups excluding tert-OH is 2. The summed E-state index contributed by atoms with van der Waals surface area (Å²) in [5.41, 5.74) is 1.15. The monoisotopic (exact) mass is 510 g/mol. The molecule has 0 amide bonds. The van der Waals surface area contributed by atoms with Gasteiger partial charge in [0.15, 0.2) is 5.78 Å². The minimum Gasteiger partial charge on any atom is -0.463 e.